The third-order valence-electron chi connectivity index (χ3n) is 4.37. The number of rotatable bonds is 4. The second kappa shape index (κ2) is 6.31. The largest absolute Gasteiger partial charge is 0.496 e. The molecule has 2 aromatic rings. The van der Waals surface area contributed by atoms with Gasteiger partial charge in [0.1, 0.15) is 11.6 Å². The van der Waals surface area contributed by atoms with Crippen LogP contribution in [0.2, 0.25) is 0 Å². The van der Waals surface area contributed by atoms with Gasteiger partial charge in [-0.25, -0.2) is 4.98 Å². The van der Waals surface area contributed by atoms with Crippen LogP contribution in [0.1, 0.15) is 12.8 Å². The van der Waals surface area contributed by atoms with Crippen molar-refractivity contribution in [3.63, 3.8) is 0 Å². The molecule has 1 aromatic heterocycles. The number of nitrogens with zero attached hydrogens (tertiary/aromatic N) is 2. The van der Waals surface area contributed by atoms with Crippen LogP contribution in [-0.2, 0) is 0 Å². The highest BCUT2D eigenvalue weighted by Crippen LogP contribution is 2.32. The van der Waals surface area contributed by atoms with Gasteiger partial charge in [0.25, 0.3) is 0 Å². The van der Waals surface area contributed by atoms with E-state index >= 15 is 0 Å². The molecule has 0 unspecified atom stereocenters. The van der Waals surface area contributed by atoms with E-state index in [9.17, 15) is 0 Å². The smallest absolute Gasteiger partial charge is 0.136 e. The maximum absolute atomic E-state index is 5.46. The Morgan fingerprint density at radius 2 is 2.05 bits per heavy atom. The predicted molar refractivity (Wildman–Crippen MR) is 87.2 cm³/mol. The van der Waals surface area contributed by atoms with E-state index in [0.29, 0.717) is 0 Å². The van der Waals surface area contributed by atoms with E-state index in [1.807, 2.05) is 31.4 Å². The molecule has 4 heteroatoms. The molecule has 1 N–H and O–H groups in total. The highest BCUT2D eigenvalue weighted by molar-refractivity contribution is 5.96. The number of anilines is 1. The zero-order chi connectivity index (χ0) is 14.7. The van der Waals surface area contributed by atoms with Crippen molar-refractivity contribution in [2.45, 2.75) is 12.8 Å². The average Bonchev–Trinajstić information content (AvgIpc) is 2.55. The minimum atomic E-state index is 0.788. The summed E-state index contributed by atoms with van der Waals surface area (Å²) in [5.41, 5.74) is 0. The van der Waals surface area contributed by atoms with E-state index in [1.54, 1.807) is 7.11 Å². The summed E-state index contributed by atoms with van der Waals surface area (Å²) in [7, 11) is 3.75. The van der Waals surface area contributed by atoms with Crippen molar-refractivity contribution >= 4 is 16.6 Å². The Hall–Kier alpha value is -1.81. The molecular weight excluding hydrogens is 262 g/mol. The minimum absolute atomic E-state index is 0.788. The van der Waals surface area contributed by atoms with E-state index in [-0.39, 0.29) is 0 Å². The Bertz CT molecular complexity index is 606. The Morgan fingerprint density at radius 3 is 2.76 bits per heavy atom. The number of aromatic nitrogens is 1. The first-order chi connectivity index (χ1) is 10.3. The van der Waals surface area contributed by atoms with E-state index in [1.165, 1.54) is 18.2 Å². The van der Waals surface area contributed by atoms with Crippen LogP contribution in [0.5, 0.6) is 5.75 Å². The molecule has 0 radical (unpaired) electrons. The van der Waals surface area contributed by atoms with Gasteiger partial charge in [0.2, 0.25) is 0 Å². The topological polar surface area (TPSA) is 37.4 Å². The maximum Gasteiger partial charge on any atom is 0.136 e. The molecule has 4 nitrogen and oxygen atoms in total. The fourth-order valence-electron chi connectivity index (χ4n) is 3.23. The van der Waals surface area contributed by atoms with Crippen molar-refractivity contribution in [2.75, 3.05) is 38.7 Å². The molecule has 1 aliphatic rings. The predicted octanol–water partition coefficient (Wildman–Crippen LogP) is 2.68. The van der Waals surface area contributed by atoms with Gasteiger partial charge >= 0.3 is 0 Å². The summed E-state index contributed by atoms with van der Waals surface area (Å²) in [5, 5.41) is 5.61. The second-order valence-corrected chi connectivity index (χ2v) is 5.68. The lowest BCUT2D eigenvalue weighted by Crippen LogP contribution is -2.37. The molecule has 112 valence electrons. The first-order valence-electron chi connectivity index (χ1n) is 7.64. The van der Waals surface area contributed by atoms with Crippen molar-refractivity contribution in [3.8, 4) is 5.75 Å². The van der Waals surface area contributed by atoms with Gasteiger partial charge in [-0.15, -0.1) is 0 Å². The van der Waals surface area contributed by atoms with E-state index in [4.69, 9.17) is 4.74 Å². The number of nitrogens with one attached hydrogen (secondary N) is 1. The Labute approximate surface area is 126 Å². The molecule has 1 aliphatic heterocycles. The number of benzene rings is 1. The van der Waals surface area contributed by atoms with Gasteiger partial charge in [-0.1, -0.05) is 12.1 Å². The van der Waals surface area contributed by atoms with Crippen molar-refractivity contribution in [2.24, 2.45) is 5.92 Å². The molecule has 0 aliphatic carbocycles. The van der Waals surface area contributed by atoms with Crippen LogP contribution < -0.4 is 15.0 Å². The summed E-state index contributed by atoms with van der Waals surface area (Å²) in [6, 6.07) is 8.22. The first-order valence-corrected chi connectivity index (χ1v) is 7.64. The number of hydrogen-bond donors (Lipinski definition) is 1. The lowest BCUT2D eigenvalue weighted by Gasteiger charge is -2.33. The van der Waals surface area contributed by atoms with Gasteiger partial charge in [-0.2, -0.15) is 0 Å². The van der Waals surface area contributed by atoms with Crippen LogP contribution in [0.25, 0.3) is 10.8 Å². The monoisotopic (exact) mass is 285 g/mol. The normalized spacial score (nSPS) is 16.4. The lowest BCUT2D eigenvalue weighted by atomic mass is 9.96. The SMILES string of the molecule is CNCC1CCN(c2nccc3c(OC)cccc23)CC1. The van der Waals surface area contributed by atoms with Crippen LogP contribution in [-0.4, -0.2) is 38.8 Å². The molecule has 0 saturated carbocycles. The van der Waals surface area contributed by atoms with E-state index in [2.05, 4.69) is 21.3 Å². The third kappa shape index (κ3) is 2.81. The highest BCUT2D eigenvalue weighted by Gasteiger charge is 2.21. The Kier molecular flexibility index (Phi) is 4.25. The Balaban J connectivity index is 1.88. The third-order valence-corrected chi connectivity index (χ3v) is 4.37. The van der Waals surface area contributed by atoms with Crippen LogP contribution in [0.4, 0.5) is 5.82 Å². The molecule has 2 heterocycles. The van der Waals surface area contributed by atoms with Crippen molar-refractivity contribution in [1.82, 2.24) is 10.3 Å². The standard InChI is InChI=1S/C17H23N3O/c1-18-12-13-7-10-20(11-8-13)17-15-4-3-5-16(21-2)14(15)6-9-19-17/h3-6,9,13,18H,7-8,10-12H2,1-2H3. The first kappa shape index (κ1) is 14.1. The zero-order valence-electron chi connectivity index (χ0n) is 12.8. The fourth-order valence-corrected chi connectivity index (χ4v) is 3.23. The summed E-state index contributed by atoms with van der Waals surface area (Å²) in [4.78, 5) is 7.04. The van der Waals surface area contributed by atoms with Gasteiger partial charge in [-0.05, 0) is 44.5 Å². The van der Waals surface area contributed by atoms with Crippen molar-refractivity contribution in [3.05, 3.63) is 30.5 Å². The minimum Gasteiger partial charge on any atom is -0.496 e. The van der Waals surface area contributed by atoms with Crippen LogP contribution >= 0.6 is 0 Å². The van der Waals surface area contributed by atoms with Crippen molar-refractivity contribution in [1.29, 1.82) is 0 Å². The highest BCUT2D eigenvalue weighted by atomic mass is 16.5. The number of hydrogen-bond acceptors (Lipinski definition) is 4. The molecule has 0 spiro atoms. The zero-order valence-corrected chi connectivity index (χ0v) is 12.8. The number of fused-ring (bicyclic) bond motifs is 1. The Morgan fingerprint density at radius 1 is 1.24 bits per heavy atom. The van der Waals surface area contributed by atoms with E-state index in [0.717, 1.165) is 42.5 Å². The summed E-state index contributed by atoms with van der Waals surface area (Å²) in [6.45, 7) is 3.27. The summed E-state index contributed by atoms with van der Waals surface area (Å²) >= 11 is 0. The molecular formula is C17H23N3O. The maximum atomic E-state index is 5.46. The van der Waals surface area contributed by atoms with Gasteiger partial charge in [-0.3, -0.25) is 0 Å². The summed E-state index contributed by atoms with van der Waals surface area (Å²) in [6.07, 6.45) is 4.34. The fraction of sp³-hybridized carbons (Fsp3) is 0.471. The molecule has 0 bridgehead atoms. The lowest BCUT2D eigenvalue weighted by molar-refractivity contribution is 0.392. The molecule has 1 fully saturated rings. The molecule has 1 aromatic carbocycles. The quantitative estimate of drug-likeness (QED) is 0.937. The van der Waals surface area contributed by atoms with Gasteiger partial charge in [0, 0.05) is 30.1 Å². The van der Waals surface area contributed by atoms with Crippen LogP contribution in [0, 0.1) is 5.92 Å². The number of ether oxygens (including phenoxy) is 1. The van der Waals surface area contributed by atoms with Crippen LogP contribution in [0.3, 0.4) is 0 Å². The van der Waals surface area contributed by atoms with Gasteiger partial charge in [0.05, 0.1) is 7.11 Å². The molecule has 0 amide bonds. The summed E-state index contributed by atoms with van der Waals surface area (Å²) in [5.74, 6) is 2.80. The summed E-state index contributed by atoms with van der Waals surface area (Å²) < 4.78 is 5.46. The van der Waals surface area contributed by atoms with Crippen LogP contribution in [0.15, 0.2) is 30.5 Å². The van der Waals surface area contributed by atoms with E-state index < -0.39 is 0 Å². The second-order valence-electron chi connectivity index (χ2n) is 5.68. The average molecular weight is 285 g/mol. The number of piperidine rings is 1. The molecule has 0 atom stereocenters. The van der Waals surface area contributed by atoms with Gasteiger partial charge < -0.3 is 15.0 Å². The molecule has 3 rings (SSSR count). The number of pyridine rings is 1. The van der Waals surface area contributed by atoms with Gasteiger partial charge in [0.15, 0.2) is 0 Å². The molecule has 1 saturated heterocycles. The van der Waals surface area contributed by atoms with Crippen molar-refractivity contribution < 1.29 is 4.74 Å². The molecule has 21 heavy (non-hydrogen) atoms. The number of methoxy groups -OCH3 is 1.